The molecule has 2 aromatic rings. The van der Waals surface area contributed by atoms with Crippen LogP contribution in [0.4, 0.5) is 5.95 Å². The zero-order valence-electron chi connectivity index (χ0n) is 7.91. The molecule has 16 heavy (non-hydrogen) atoms. The quantitative estimate of drug-likeness (QED) is 0.499. The molecule has 0 fully saturated rings. The van der Waals surface area contributed by atoms with E-state index in [-0.39, 0.29) is 11.5 Å². The van der Waals surface area contributed by atoms with Crippen molar-refractivity contribution in [3.63, 3.8) is 0 Å². The van der Waals surface area contributed by atoms with Gasteiger partial charge in [0, 0.05) is 0 Å². The number of hydrogen-bond donors (Lipinski definition) is 3. The number of aromatic amines is 2. The van der Waals surface area contributed by atoms with Crippen LogP contribution in [0.5, 0.6) is 0 Å². The van der Waals surface area contributed by atoms with Crippen LogP contribution >= 0.6 is 28.3 Å². The Morgan fingerprint density at radius 2 is 2.06 bits per heavy atom. The van der Waals surface area contributed by atoms with Gasteiger partial charge < -0.3 is 5.73 Å². The molecule has 0 atom stereocenters. The van der Waals surface area contributed by atoms with Crippen LogP contribution in [0.2, 0.25) is 0 Å². The Morgan fingerprint density at radius 3 is 2.62 bits per heavy atom. The number of rotatable bonds is 0. The predicted octanol–water partition coefficient (Wildman–Crippen LogP) is 0.724. The standard InChI is InChI=1S/C6H7N5O.3ClH.Pt/c1-11-2-8-3-4(11)9-6(7)10-5(3)12;;;;/h2H,1H3,(H3,7,9,10,12);3*1H;/q;;;;+2/p-2. The van der Waals surface area contributed by atoms with Crippen molar-refractivity contribution in [2.45, 2.75) is 0 Å². The summed E-state index contributed by atoms with van der Waals surface area (Å²) in [6, 6.07) is 0. The minimum atomic E-state index is -1.85. The van der Waals surface area contributed by atoms with E-state index in [1.54, 1.807) is 17.9 Å². The van der Waals surface area contributed by atoms with E-state index in [1.807, 2.05) is 0 Å². The summed E-state index contributed by atoms with van der Waals surface area (Å²) in [7, 11) is 16.7. The Labute approximate surface area is 108 Å². The molecule has 0 aliphatic carbocycles. The van der Waals surface area contributed by atoms with Gasteiger partial charge in [-0.1, -0.05) is 4.98 Å². The summed E-state index contributed by atoms with van der Waals surface area (Å²) >= 11 is -1.85. The van der Waals surface area contributed by atoms with Gasteiger partial charge in [0.25, 0.3) is 11.5 Å². The molecule has 0 bridgehead atoms. The average molecular weight is 468 g/mol. The minimum absolute atomic E-state index is 0.128. The van der Waals surface area contributed by atoms with E-state index >= 15 is 0 Å². The molecule has 10 heteroatoms. The summed E-state index contributed by atoms with van der Waals surface area (Å²) in [5.41, 5.74) is 6.10. The van der Waals surface area contributed by atoms with Crippen LogP contribution in [0.3, 0.4) is 0 Å². The zero-order valence-corrected chi connectivity index (χ0v) is 12.4. The summed E-state index contributed by atoms with van der Waals surface area (Å²) < 4.78 is 1.70. The van der Waals surface area contributed by atoms with Gasteiger partial charge in [-0.15, -0.1) is 0 Å². The first-order valence-electron chi connectivity index (χ1n) is 3.77. The third-order valence-corrected chi connectivity index (χ3v) is 1.66. The number of nitrogens with one attached hydrogen (secondary N) is 2. The maximum atomic E-state index is 11.2. The van der Waals surface area contributed by atoms with Gasteiger partial charge in [-0.25, -0.2) is 4.57 Å². The molecule has 94 valence electrons. The summed E-state index contributed by atoms with van der Waals surface area (Å²) in [6.45, 7) is 0. The van der Waals surface area contributed by atoms with Crippen LogP contribution < -0.4 is 15.9 Å². The number of fused-ring (bicyclic) bond motifs is 1. The first-order valence-corrected chi connectivity index (χ1v) is 12.2. The number of anilines is 1. The van der Waals surface area contributed by atoms with Crippen LogP contribution in [0.1, 0.15) is 0 Å². The second kappa shape index (κ2) is 5.87. The summed E-state index contributed by atoms with van der Waals surface area (Å²) in [5.74, 6) is 0.128. The number of aryl methyl sites for hydroxylation is 1. The molecule has 0 aromatic carbocycles. The van der Waals surface area contributed by atoms with Crippen molar-refractivity contribution >= 4 is 45.4 Å². The van der Waals surface area contributed by atoms with Crippen molar-refractivity contribution < 1.29 is 18.8 Å². The van der Waals surface area contributed by atoms with Gasteiger partial charge in [-0.3, -0.25) is 14.8 Å². The first-order chi connectivity index (χ1) is 7.41. The monoisotopic (exact) mass is 466 g/mol. The molecule has 2 heterocycles. The first kappa shape index (κ1) is 13.8. The SMILES string of the molecule is C[n+]1c[nH]c2c(=O)[nH]c(N)nc21.[Cl][Pt-]([Cl])[Cl]. The van der Waals surface area contributed by atoms with Crippen molar-refractivity contribution in [2.24, 2.45) is 7.05 Å². The van der Waals surface area contributed by atoms with E-state index in [2.05, 4.69) is 15.0 Å². The molecule has 0 radical (unpaired) electrons. The molecule has 0 saturated heterocycles. The van der Waals surface area contributed by atoms with Crippen molar-refractivity contribution in [2.75, 3.05) is 5.73 Å². The van der Waals surface area contributed by atoms with Crippen LogP contribution in [0.25, 0.3) is 11.2 Å². The fourth-order valence-corrected chi connectivity index (χ4v) is 1.09. The molecule has 0 unspecified atom stereocenters. The number of H-pyrrole nitrogens is 2. The van der Waals surface area contributed by atoms with Gasteiger partial charge in [0.1, 0.15) is 0 Å². The van der Waals surface area contributed by atoms with Crippen molar-refractivity contribution in [1.82, 2.24) is 15.0 Å². The van der Waals surface area contributed by atoms with E-state index < -0.39 is 14.2 Å². The van der Waals surface area contributed by atoms with Crippen LogP contribution in [0.15, 0.2) is 11.1 Å². The fourth-order valence-electron chi connectivity index (χ4n) is 1.09. The molecule has 0 spiro atoms. The molecule has 0 aliphatic rings. The Kier molecular flexibility index (Phi) is 5.05. The zero-order chi connectivity index (χ0) is 12.3. The predicted molar refractivity (Wildman–Crippen MR) is 59.9 cm³/mol. The number of nitrogens with zero attached hydrogens (tertiary/aromatic N) is 2. The number of nitrogens with two attached hydrogens (primary N) is 1. The molecule has 0 saturated carbocycles. The van der Waals surface area contributed by atoms with Gasteiger partial charge in [-0.2, -0.15) is 0 Å². The Balaban J connectivity index is 0.000000280. The molecular formula is C6H8Cl3N5OPt. The number of nitrogen functional groups attached to an aromatic ring is 1. The maximum absolute atomic E-state index is 11.2. The van der Waals surface area contributed by atoms with E-state index in [4.69, 9.17) is 34.0 Å². The molecule has 4 N–H and O–H groups in total. The molecule has 2 aromatic heterocycles. The number of imidazole rings is 1. The van der Waals surface area contributed by atoms with Gasteiger partial charge in [0.15, 0.2) is 6.33 Å². The summed E-state index contributed by atoms with van der Waals surface area (Å²) in [5, 5.41) is 0. The van der Waals surface area contributed by atoms with E-state index in [9.17, 15) is 4.79 Å². The average Bonchev–Trinajstić information content (AvgIpc) is 2.47. The second-order valence-corrected chi connectivity index (χ2v) is 12.5. The molecule has 0 amide bonds. The third-order valence-electron chi connectivity index (χ3n) is 1.66. The second-order valence-electron chi connectivity index (χ2n) is 2.67. The number of hydrogen-bond acceptors (Lipinski definition) is 3. The van der Waals surface area contributed by atoms with Crippen LogP contribution in [-0.4, -0.2) is 15.0 Å². The van der Waals surface area contributed by atoms with E-state index in [0.717, 1.165) is 0 Å². The molecule has 2 rings (SSSR count). The van der Waals surface area contributed by atoms with Gasteiger partial charge in [-0.05, 0) is 0 Å². The van der Waals surface area contributed by atoms with Gasteiger partial charge in [0.05, 0.1) is 7.05 Å². The topological polar surface area (TPSA) is 91.4 Å². The van der Waals surface area contributed by atoms with E-state index in [1.165, 1.54) is 0 Å². The Bertz CT molecular complexity index is 536. The third kappa shape index (κ3) is 3.63. The van der Waals surface area contributed by atoms with Gasteiger partial charge in [0.2, 0.25) is 5.52 Å². The van der Waals surface area contributed by atoms with Crippen LogP contribution in [-0.2, 0) is 21.2 Å². The Hall–Kier alpha value is -0.292. The number of halogens is 3. The molecule has 6 nitrogen and oxygen atoms in total. The summed E-state index contributed by atoms with van der Waals surface area (Å²) in [4.78, 5) is 20.3. The van der Waals surface area contributed by atoms with E-state index in [0.29, 0.717) is 11.2 Å². The van der Waals surface area contributed by atoms with Gasteiger partial charge >= 0.3 is 48.1 Å². The van der Waals surface area contributed by atoms with Crippen LogP contribution in [0, 0.1) is 0 Å². The van der Waals surface area contributed by atoms with Crippen molar-refractivity contribution in [3.05, 3.63) is 16.7 Å². The number of aromatic nitrogens is 4. The fraction of sp³-hybridized carbons (Fsp3) is 0.167. The molecular weight excluding hydrogens is 460 g/mol. The van der Waals surface area contributed by atoms with Crippen molar-refractivity contribution in [3.8, 4) is 0 Å². The van der Waals surface area contributed by atoms with Crippen molar-refractivity contribution in [1.29, 1.82) is 0 Å². The normalized spacial score (nSPS) is 10.9. The summed E-state index contributed by atoms with van der Waals surface area (Å²) in [6.07, 6.45) is 1.65. The molecule has 0 aliphatic heterocycles. The Morgan fingerprint density at radius 1 is 1.50 bits per heavy atom.